The second-order valence-electron chi connectivity index (χ2n) is 4.14. The molecule has 0 aliphatic carbocycles. The lowest BCUT2D eigenvalue weighted by Gasteiger charge is -2.00. The third kappa shape index (κ3) is 4.25. The van der Waals surface area contributed by atoms with Gasteiger partial charge in [-0.25, -0.2) is 10.2 Å². The van der Waals surface area contributed by atoms with Gasteiger partial charge in [0.1, 0.15) is 0 Å². The summed E-state index contributed by atoms with van der Waals surface area (Å²) >= 11 is 3.29. The van der Waals surface area contributed by atoms with Gasteiger partial charge in [0.2, 0.25) is 0 Å². The van der Waals surface area contributed by atoms with E-state index in [0.29, 0.717) is 11.1 Å². The largest absolute Gasteiger partial charge is 0.478 e. The van der Waals surface area contributed by atoms with Crippen LogP contribution >= 0.6 is 15.9 Å². The molecular weight excluding hydrogens is 336 g/mol. The maximum absolute atomic E-state index is 11.8. The number of amides is 1. The Morgan fingerprint density at radius 1 is 1.10 bits per heavy atom. The summed E-state index contributed by atoms with van der Waals surface area (Å²) in [6.07, 6.45) is 1.45. The lowest BCUT2D eigenvalue weighted by molar-refractivity contribution is 0.0696. The molecule has 0 fully saturated rings. The van der Waals surface area contributed by atoms with Gasteiger partial charge in [-0.2, -0.15) is 5.10 Å². The molecule has 0 aliphatic heterocycles. The molecule has 21 heavy (non-hydrogen) atoms. The van der Waals surface area contributed by atoms with E-state index in [0.717, 1.165) is 4.47 Å². The zero-order chi connectivity index (χ0) is 15.2. The maximum atomic E-state index is 11.8. The van der Waals surface area contributed by atoms with E-state index in [9.17, 15) is 9.59 Å². The highest BCUT2D eigenvalue weighted by atomic mass is 79.9. The van der Waals surface area contributed by atoms with Crippen molar-refractivity contribution in [1.82, 2.24) is 5.43 Å². The van der Waals surface area contributed by atoms with E-state index >= 15 is 0 Å². The number of hydrogen-bond acceptors (Lipinski definition) is 3. The van der Waals surface area contributed by atoms with Crippen LogP contribution in [0.2, 0.25) is 0 Å². The number of carbonyl (C=O) groups is 2. The standard InChI is InChI=1S/C15H11BrN2O3/c16-13-3-1-2-12(8-13)14(19)18-17-9-10-4-6-11(7-5-10)15(20)21/h1-9H,(H,18,19)(H,20,21). The van der Waals surface area contributed by atoms with Crippen molar-refractivity contribution in [3.05, 3.63) is 69.7 Å². The van der Waals surface area contributed by atoms with Crippen molar-refractivity contribution in [1.29, 1.82) is 0 Å². The van der Waals surface area contributed by atoms with Crippen LogP contribution in [0.5, 0.6) is 0 Å². The van der Waals surface area contributed by atoms with Crippen LogP contribution in [-0.4, -0.2) is 23.2 Å². The average Bonchev–Trinajstić information content (AvgIpc) is 2.47. The van der Waals surface area contributed by atoms with E-state index in [1.54, 1.807) is 30.3 Å². The molecule has 2 aromatic rings. The SMILES string of the molecule is O=C(O)c1ccc(C=NNC(=O)c2cccc(Br)c2)cc1. The topological polar surface area (TPSA) is 78.8 Å². The summed E-state index contributed by atoms with van der Waals surface area (Å²) in [4.78, 5) is 22.5. The second-order valence-corrected chi connectivity index (χ2v) is 5.05. The molecule has 0 aromatic heterocycles. The minimum absolute atomic E-state index is 0.199. The Kier molecular flexibility index (Phi) is 4.84. The smallest absolute Gasteiger partial charge is 0.335 e. The Morgan fingerprint density at radius 2 is 1.81 bits per heavy atom. The minimum Gasteiger partial charge on any atom is -0.478 e. The molecule has 0 saturated heterocycles. The predicted octanol–water partition coefficient (Wildman–Crippen LogP) is 2.91. The van der Waals surface area contributed by atoms with Crippen LogP contribution in [0.3, 0.4) is 0 Å². The Bertz CT molecular complexity index is 696. The van der Waals surface area contributed by atoms with Crippen molar-refractivity contribution in [2.45, 2.75) is 0 Å². The predicted molar refractivity (Wildman–Crippen MR) is 82.6 cm³/mol. The Hall–Kier alpha value is -2.47. The number of carboxylic acids is 1. The normalized spacial score (nSPS) is 10.5. The van der Waals surface area contributed by atoms with Crippen molar-refractivity contribution in [2.24, 2.45) is 5.10 Å². The van der Waals surface area contributed by atoms with E-state index in [4.69, 9.17) is 5.11 Å². The summed E-state index contributed by atoms with van der Waals surface area (Å²) in [5.41, 5.74) is 3.78. The molecule has 0 heterocycles. The molecule has 1 amide bonds. The number of nitrogens with one attached hydrogen (secondary N) is 1. The van der Waals surface area contributed by atoms with Crippen LogP contribution in [0.4, 0.5) is 0 Å². The van der Waals surface area contributed by atoms with Gasteiger partial charge in [-0.1, -0.05) is 34.1 Å². The highest BCUT2D eigenvalue weighted by molar-refractivity contribution is 9.10. The van der Waals surface area contributed by atoms with Crippen LogP contribution in [0.15, 0.2) is 58.1 Å². The fourth-order valence-electron chi connectivity index (χ4n) is 1.57. The maximum Gasteiger partial charge on any atom is 0.335 e. The lowest BCUT2D eigenvalue weighted by atomic mass is 10.1. The van der Waals surface area contributed by atoms with Gasteiger partial charge >= 0.3 is 5.97 Å². The molecular formula is C15H11BrN2O3. The fraction of sp³-hybridized carbons (Fsp3) is 0. The summed E-state index contributed by atoms with van der Waals surface area (Å²) in [5.74, 6) is -1.31. The zero-order valence-corrected chi connectivity index (χ0v) is 12.4. The third-order valence-corrected chi connectivity index (χ3v) is 3.12. The average molecular weight is 347 g/mol. The molecule has 2 N–H and O–H groups in total. The van der Waals surface area contributed by atoms with Crippen LogP contribution < -0.4 is 5.43 Å². The van der Waals surface area contributed by atoms with E-state index in [1.807, 2.05) is 6.07 Å². The summed E-state index contributed by atoms with van der Waals surface area (Å²) in [6, 6.07) is 13.1. The molecule has 0 atom stereocenters. The van der Waals surface area contributed by atoms with Gasteiger partial charge in [0.15, 0.2) is 0 Å². The zero-order valence-electron chi connectivity index (χ0n) is 10.8. The fourth-order valence-corrected chi connectivity index (χ4v) is 1.97. The first kappa shape index (κ1) is 14.9. The molecule has 0 saturated carbocycles. The van der Waals surface area contributed by atoms with Crippen LogP contribution in [0.1, 0.15) is 26.3 Å². The molecule has 0 radical (unpaired) electrons. The first-order valence-corrected chi connectivity index (χ1v) is 6.78. The van der Waals surface area contributed by atoms with Crippen molar-refractivity contribution in [3.8, 4) is 0 Å². The van der Waals surface area contributed by atoms with Crippen molar-refractivity contribution >= 4 is 34.0 Å². The van der Waals surface area contributed by atoms with E-state index in [1.165, 1.54) is 18.3 Å². The van der Waals surface area contributed by atoms with Crippen molar-refractivity contribution < 1.29 is 14.7 Å². The number of halogens is 1. The number of benzene rings is 2. The van der Waals surface area contributed by atoms with Crippen LogP contribution in [-0.2, 0) is 0 Å². The molecule has 2 aromatic carbocycles. The summed E-state index contributed by atoms with van der Waals surface area (Å²) in [6.45, 7) is 0. The van der Waals surface area contributed by atoms with Gasteiger partial charge in [0.05, 0.1) is 11.8 Å². The number of carboxylic acid groups (broad SMARTS) is 1. The first-order valence-electron chi connectivity index (χ1n) is 5.98. The Balaban J connectivity index is 1.99. The number of nitrogens with zero attached hydrogens (tertiary/aromatic N) is 1. The lowest BCUT2D eigenvalue weighted by Crippen LogP contribution is -2.17. The first-order chi connectivity index (χ1) is 10.1. The molecule has 0 bridgehead atoms. The van der Waals surface area contributed by atoms with Crippen molar-refractivity contribution in [3.63, 3.8) is 0 Å². The third-order valence-electron chi connectivity index (χ3n) is 2.62. The summed E-state index contributed by atoms with van der Waals surface area (Å²) in [5, 5.41) is 12.6. The van der Waals surface area contributed by atoms with Gasteiger partial charge in [0.25, 0.3) is 5.91 Å². The van der Waals surface area contributed by atoms with E-state index < -0.39 is 5.97 Å². The molecule has 2 rings (SSSR count). The highest BCUT2D eigenvalue weighted by Gasteiger charge is 2.04. The van der Waals surface area contributed by atoms with E-state index in [2.05, 4.69) is 26.5 Å². The minimum atomic E-state index is -0.985. The number of hydrazone groups is 1. The number of hydrogen-bond donors (Lipinski definition) is 2. The molecule has 0 spiro atoms. The van der Waals surface area contributed by atoms with Gasteiger partial charge in [-0.15, -0.1) is 0 Å². The van der Waals surface area contributed by atoms with Crippen molar-refractivity contribution in [2.75, 3.05) is 0 Å². The molecule has 5 nitrogen and oxygen atoms in total. The van der Waals surface area contributed by atoms with Gasteiger partial charge in [-0.3, -0.25) is 4.79 Å². The van der Waals surface area contributed by atoms with Crippen LogP contribution in [0.25, 0.3) is 0 Å². The van der Waals surface area contributed by atoms with Crippen LogP contribution in [0, 0.1) is 0 Å². The molecule has 6 heteroatoms. The molecule has 0 aliphatic rings. The second kappa shape index (κ2) is 6.81. The Morgan fingerprint density at radius 3 is 2.43 bits per heavy atom. The van der Waals surface area contributed by atoms with E-state index in [-0.39, 0.29) is 11.5 Å². The molecule has 0 unspecified atom stereocenters. The molecule has 106 valence electrons. The number of carbonyl (C=O) groups excluding carboxylic acids is 1. The quantitative estimate of drug-likeness (QED) is 0.659. The summed E-state index contributed by atoms with van der Waals surface area (Å²) < 4.78 is 0.809. The monoisotopic (exact) mass is 346 g/mol. The highest BCUT2D eigenvalue weighted by Crippen LogP contribution is 2.11. The summed E-state index contributed by atoms with van der Waals surface area (Å²) in [7, 11) is 0. The number of rotatable bonds is 4. The Labute approximate surface area is 129 Å². The van der Waals surface area contributed by atoms with Gasteiger partial charge in [-0.05, 0) is 35.9 Å². The van der Waals surface area contributed by atoms with Gasteiger partial charge < -0.3 is 5.11 Å². The number of aromatic carboxylic acids is 1. The van der Waals surface area contributed by atoms with Gasteiger partial charge in [0, 0.05) is 10.0 Å².